The topological polar surface area (TPSA) is 180 Å². The predicted molar refractivity (Wildman–Crippen MR) is 220 cm³/mol. The number of piperidine rings is 1. The Morgan fingerprint density at radius 1 is 0.712 bits per heavy atom. The number of carbonyl (C=O) groups excluding carboxylic acids is 4. The SMILES string of the molecule is COC(=O)N[C@H](C(=O)N1CCCC[C@H]1c1ncc(-c2ccc(-c3ccc(-c4[nH]c([C@@H]5CCCN5C(=O)[C@@H](NC(=O)OC)C(C)OC)c5c4COC5)cc3)cc2)[nH]1)C(C)C. The van der Waals surface area contributed by atoms with Gasteiger partial charge in [0.05, 0.1) is 63.2 Å². The van der Waals surface area contributed by atoms with Crippen molar-refractivity contribution in [3.8, 4) is 33.6 Å². The lowest BCUT2D eigenvalue weighted by Gasteiger charge is -2.37. The number of hydrogen-bond donors (Lipinski definition) is 4. The van der Waals surface area contributed by atoms with Gasteiger partial charge in [-0.2, -0.15) is 0 Å². The number of ether oxygens (including phenoxy) is 4. The standard InChI is InChI=1S/C44H55N7O8/c1-25(2)36(48-43(54)57-5)41(52)51-20-8-7-10-35(51)40-45-22-33(46-40)29-16-12-27(13-17-29)28-14-18-30(19-15-28)38-31-23-59-24-32(31)39(47-38)34-11-9-21-50(34)42(53)37(26(3)56-4)49-44(55)58-6/h12-19,22,25-26,34-37,47H,7-11,20-21,23-24H2,1-6H3,(H,45,46)(H,48,54)(H,49,55)/t26?,34-,35-,36-,37-/m0/s1. The molecular formula is C44H55N7O8. The Bertz CT molecular complexity index is 2130. The molecule has 0 radical (unpaired) electrons. The van der Waals surface area contributed by atoms with E-state index in [-0.39, 0.29) is 29.8 Å². The molecule has 59 heavy (non-hydrogen) atoms. The first-order valence-electron chi connectivity index (χ1n) is 20.4. The molecule has 314 valence electrons. The second-order valence-electron chi connectivity index (χ2n) is 15.8. The number of methoxy groups -OCH3 is 3. The third kappa shape index (κ3) is 8.58. The minimum absolute atomic E-state index is 0.112. The van der Waals surface area contributed by atoms with Crippen LogP contribution in [0, 0.1) is 5.92 Å². The van der Waals surface area contributed by atoms with Crippen LogP contribution in [0.25, 0.3) is 33.6 Å². The molecule has 15 nitrogen and oxygen atoms in total. The summed E-state index contributed by atoms with van der Waals surface area (Å²) in [5, 5.41) is 5.39. The Hall–Kier alpha value is -5.67. The molecule has 4 amide bonds. The van der Waals surface area contributed by atoms with Gasteiger partial charge in [0, 0.05) is 37.0 Å². The highest BCUT2D eigenvalue weighted by Gasteiger charge is 2.41. The predicted octanol–water partition coefficient (Wildman–Crippen LogP) is 6.63. The number of likely N-dealkylation sites (tertiary alicyclic amines) is 2. The molecule has 2 saturated heterocycles. The van der Waals surface area contributed by atoms with Gasteiger partial charge < -0.3 is 49.3 Å². The van der Waals surface area contributed by atoms with Crippen molar-refractivity contribution in [2.75, 3.05) is 34.4 Å². The van der Waals surface area contributed by atoms with Crippen molar-refractivity contribution < 1.29 is 38.1 Å². The zero-order valence-corrected chi connectivity index (χ0v) is 34.6. The number of alkyl carbamates (subject to hydrolysis) is 2. The van der Waals surface area contributed by atoms with Crippen molar-refractivity contribution in [2.45, 2.75) is 96.4 Å². The van der Waals surface area contributed by atoms with E-state index in [2.05, 4.69) is 69.1 Å². The first-order valence-corrected chi connectivity index (χ1v) is 20.4. The fourth-order valence-electron chi connectivity index (χ4n) is 8.60. The summed E-state index contributed by atoms with van der Waals surface area (Å²) >= 11 is 0. The van der Waals surface area contributed by atoms with Gasteiger partial charge in [-0.25, -0.2) is 14.6 Å². The summed E-state index contributed by atoms with van der Waals surface area (Å²) in [5.41, 5.74) is 9.11. The van der Waals surface area contributed by atoms with Gasteiger partial charge in [-0.05, 0) is 67.2 Å². The minimum atomic E-state index is -0.892. The quantitative estimate of drug-likeness (QED) is 0.122. The van der Waals surface area contributed by atoms with E-state index in [1.54, 1.807) is 6.92 Å². The summed E-state index contributed by atoms with van der Waals surface area (Å²) in [6, 6.07) is 14.7. The molecule has 2 aromatic heterocycles. The van der Waals surface area contributed by atoms with Gasteiger partial charge in [0.2, 0.25) is 11.8 Å². The lowest BCUT2D eigenvalue weighted by atomic mass is 9.97. The van der Waals surface area contributed by atoms with Crippen LogP contribution in [-0.4, -0.2) is 101 Å². The summed E-state index contributed by atoms with van der Waals surface area (Å²) in [4.78, 5) is 67.4. The van der Waals surface area contributed by atoms with E-state index in [0.717, 1.165) is 88.4 Å². The van der Waals surface area contributed by atoms with Gasteiger partial charge in [0.25, 0.3) is 0 Å². The van der Waals surface area contributed by atoms with Crippen molar-refractivity contribution in [1.29, 1.82) is 0 Å². The average molecular weight is 810 g/mol. The summed E-state index contributed by atoms with van der Waals surface area (Å²) in [5.74, 6) is 0.264. The van der Waals surface area contributed by atoms with E-state index in [0.29, 0.717) is 26.3 Å². The van der Waals surface area contributed by atoms with Crippen LogP contribution in [0.3, 0.4) is 0 Å². The van der Waals surface area contributed by atoms with Crippen LogP contribution >= 0.6 is 0 Å². The van der Waals surface area contributed by atoms with Crippen molar-refractivity contribution in [3.05, 3.63) is 77.4 Å². The summed E-state index contributed by atoms with van der Waals surface area (Å²) in [6.07, 6.45) is 4.21. The summed E-state index contributed by atoms with van der Waals surface area (Å²) in [6.45, 7) is 7.67. The number of carbonyl (C=O) groups is 4. The molecule has 1 unspecified atom stereocenters. The lowest BCUT2D eigenvalue weighted by Crippen LogP contribution is -2.54. The lowest BCUT2D eigenvalue weighted by molar-refractivity contribution is -0.139. The number of aromatic nitrogens is 3. The molecule has 4 N–H and O–H groups in total. The number of benzene rings is 2. The maximum Gasteiger partial charge on any atom is 0.407 e. The van der Waals surface area contributed by atoms with E-state index in [9.17, 15) is 19.2 Å². The Morgan fingerprint density at radius 2 is 1.27 bits per heavy atom. The Kier molecular flexibility index (Phi) is 12.7. The fourth-order valence-corrected chi connectivity index (χ4v) is 8.60. The Morgan fingerprint density at radius 3 is 1.92 bits per heavy atom. The molecule has 15 heteroatoms. The zero-order chi connectivity index (χ0) is 41.8. The Labute approximate surface area is 344 Å². The molecule has 3 aliphatic rings. The van der Waals surface area contributed by atoms with Crippen LogP contribution in [0.4, 0.5) is 9.59 Å². The highest BCUT2D eigenvalue weighted by molar-refractivity contribution is 5.87. The minimum Gasteiger partial charge on any atom is -0.453 e. The van der Waals surface area contributed by atoms with Gasteiger partial charge in [0.15, 0.2) is 0 Å². The molecule has 0 aliphatic carbocycles. The first kappa shape index (κ1) is 41.5. The molecular weight excluding hydrogens is 755 g/mol. The average Bonchev–Trinajstić information content (AvgIpc) is 4.10. The smallest absolute Gasteiger partial charge is 0.407 e. The number of H-pyrrole nitrogens is 2. The van der Waals surface area contributed by atoms with Gasteiger partial charge in [-0.15, -0.1) is 0 Å². The number of nitrogens with one attached hydrogen (secondary N) is 4. The van der Waals surface area contributed by atoms with Crippen LogP contribution in [0.5, 0.6) is 0 Å². The van der Waals surface area contributed by atoms with Crippen LogP contribution in [0.1, 0.15) is 87.6 Å². The number of imidazole rings is 1. The van der Waals surface area contributed by atoms with Gasteiger partial charge in [-0.1, -0.05) is 62.4 Å². The second kappa shape index (κ2) is 18.1. The van der Waals surface area contributed by atoms with Crippen LogP contribution < -0.4 is 10.6 Å². The molecule has 5 atom stereocenters. The number of rotatable bonds is 12. The van der Waals surface area contributed by atoms with E-state index >= 15 is 0 Å². The van der Waals surface area contributed by atoms with Gasteiger partial charge in [0.1, 0.15) is 17.9 Å². The van der Waals surface area contributed by atoms with Crippen molar-refractivity contribution in [3.63, 3.8) is 0 Å². The van der Waals surface area contributed by atoms with Crippen molar-refractivity contribution >= 4 is 24.0 Å². The van der Waals surface area contributed by atoms with E-state index in [1.165, 1.54) is 21.3 Å². The highest BCUT2D eigenvalue weighted by Crippen LogP contribution is 2.42. The Balaban J connectivity index is 1.06. The molecule has 2 fully saturated rings. The summed E-state index contributed by atoms with van der Waals surface area (Å²) < 4.78 is 21.0. The summed E-state index contributed by atoms with van der Waals surface area (Å²) in [7, 11) is 4.08. The van der Waals surface area contributed by atoms with Crippen molar-refractivity contribution in [2.24, 2.45) is 5.92 Å². The van der Waals surface area contributed by atoms with Crippen molar-refractivity contribution in [1.82, 2.24) is 35.4 Å². The maximum atomic E-state index is 13.9. The molecule has 4 aromatic rings. The third-order valence-electron chi connectivity index (χ3n) is 12.0. The van der Waals surface area contributed by atoms with Crippen LogP contribution in [0.2, 0.25) is 0 Å². The number of aromatic amines is 2. The van der Waals surface area contributed by atoms with E-state index in [4.69, 9.17) is 23.9 Å². The number of fused-ring (bicyclic) bond motifs is 1. The molecule has 0 bridgehead atoms. The second-order valence-corrected chi connectivity index (χ2v) is 15.8. The van der Waals surface area contributed by atoms with E-state index < -0.39 is 30.4 Å². The molecule has 7 rings (SSSR count). The number of amides is 4. The molecule has 2 aromatic carbocycles. The first-order chi connectivity index (χ1) is 28.5. The van der Waals surface area contributed by atoms with Crippen LogP contribution in [-0.2, 0) is 41.8 Å². The normalized spacial score (nSPS) is 19.2. The molecule has 5 heterocycles. The highest BCUT2D eigenvalue weighted by atomic mass is 16.5. The third-order valence-corrected chi connectivity index (χ3v) is 12.0. The molecule has 3 aliphatic heterocycles. The number of hydrogen-bond acceptors (Lipinski definition) is 9. The van der Waals surface area contributed by atoms with Gasteiger partial charge >= 0.3 is 12.2 Å². The molecule has 0 spiro atoms. The largest absolute Gasteiger partial charge is 0.453 e. The van der Waals surface area contributed by atoms with Gasteiger partial charge in [-0.3, -0.25) is 9.59 Å². The molecule has 0 saturated carbocycles. The monoisotopic (exact) mass is 809 g/mol. The maximum absolute atomic E-state index is 13.9. The van der Waals surface area contributed by atoms with E-state index in [1.807, 2.05) is 29.8 Å². The zero-order valence-electron chi connectivity index (χ0n) is 34.6. The fraction of sp³-hybridized carbons (Fsp3) is 0.477. The number of nitrogens with zero attached hydrogens (tertiary/aromatic N) is 3. The van der Waals surface area contributed by atoms with Crippen LogP contribution in [0.15, 0.2) is 54.7 Å².